The summed E-state index contributed by atoms with van der Waals surface area (Å²) in [5.74, 6) is 0.788. The van der Waals surface area contributed by atoms with Gasteiger partial charge in [-0.2, -0.15) is 5.26 Å². The zero-order valence-electron chi connectivity index (χ0n) is 11.6. The summed E-state index contributed by atoms with van der Waals surface area (Å²) in [5.41, 5.74) is 2.48. The fourth-order valence-electron chi connectivity index (χ4n) is 1.99. The van der Waals surface area contributed by atoms with Crippen molar-refractivity contribution >= 4 is 0 Å². The number of aromatic nitrogens is 1. The van der Waals surface area contributed by atoms with Gasteiger partial charge in [0, 0.05) is 12.1 Å². The maximum Gasteiger partial charge on any atom is 0.266 e. The first-order chi connectivity index (χ1) is 9.60. The number of aromatic amines is 1. The molecule has 1 aromatic carbocycles. The molecule has 0 aliphatic heterocycles. The summed E-state index contributed by atoms with van der Waals surface area (Å²) in [5, 5.41) is 9.03. The second kappa shape index (κ2) is 6.07. The van der Waals surface area contributed by atoms with E-state index in [4.69, 9.17) is 10.00 Å². The van der Waals surface area contributed by atoms with Gasteiger partial charge in [-0.1, -0.05) is 17.7 Å². The van der Waals surface area contributed by atoms with E-state index in [1.54, 1.807) is 6.92 Å². The Kier molecular flexibility index (Phi) is 4.21. The van der Waals surface area contributed by atoms with Crippen LogP contribution in [0.2, 0.25) is 0 Å². The van der Waals surface area contributed by atoms with Gasteiger partial charge in [-0.3, -0.25) is 4.79 Å². The van der Waals surface area contributed by atoms with Crippen molar-refractivity contribution in [1.29, 1.82) is 5.26 Å². The van der Waals surface area contributed by atoms with Gasteiger partial charge < -0.3 is 9.72 Å². The molecule has 20 heavy (non-hydrogen) atoms. The molecule has 2 rings (SSSR count). The molecule has 1 N–H and O–H groups in total. The lowest BCUT2D eigenvalue weighted by Gasteiger charge is -2.08. The number of ether oxygens (including phenoxy) is 1. The van der Waals surface area contributed by atoms with E-state index < -0.39 is 0 Å². The third-order valence-corrected chi connectivity index (χ3v) is 3.02. The van der Waals surface area contributed by atoms with E-state index in [0.717, 1.165) is 17.0 Å². The number of pyridine rings is 1. The van der Waals surface area contributed by atoms with Crippen LogP contribution in [-0.2, 0) is 6.42 Å². The lowest BCUT2D eigenvalue weighted by Crippen LogP contribution is -2.16. The van der Waals surface area contributed by atoms with E-state index in [1.807, 2.05) is 43.3 Å². The average Bonchev–Trinajstić information content (AvgIpc) is 2.40. The first-order valence-electron chi connectivity index (χ1n) is 6.42. The predicted molar refractivity (Wildman–Crippen MR) is 76.9 cm³/mol. The minimum atomic E-state index is -0.335. The molecule has 0 fully saturated rings. The Hall–Kier alpha value is -2.54. The highest BCUT2D eigenvalue weighted by Gasteiger charge is 2.08. The average molecular weight is 268 g/mol. The van der Waals surface area contributed by atoms with E-state index >= 15 is 0 Å². The predicted octanol–water partition coefficient (Wildman–Crippen LogP) is 2.48. The van der Waals surface area contributed by atoms with E-state index in [-0.39, 0.29) is 11.1 Å². The zero-order valence-corrected chi connectivity index (χ0v) is 11.6. The van der Waals surface area contributed by atoms with E-state index in [2.05, 4.69) is 4.98 Å². The fraction of sp³-hybridized carbons (Fsp3) is 0.250. The van der Waals surface area contributed by atoms with Crippen molar-refractivity contribution in [2.24, 2.45) is 0 Å². The number of aryl methyl sites for hydroxylation is 2. The van der Waals surface area contributed by atoms with Gasteiger partial charge >= 0.3 is 0 Å². The highest BCUT2D eigenvalue weighted by molar-refractivity contribution is 5.36. The molecule has 0 bridgehead atoms. The van der Waals surface area contributed by atoms with Crippen molar-refractivity contribution in [3.63, 3.8) is 0 Å². The highest BCUT2D eigenvalue weighted by Crippen LogP contribution is 2.12. The third-order valence-electron chi connectivity index (χ3n) is 3.02. The van der Waals surface area contributed by atoms with Gasteiger partial charge in [0.2, 0.25) is 0 Å². The van der Waals surface area contributed by atoms with Crippen LogP contribution in [0, 0.1) is 25.2 Å². The largest absolute Gasteiger partial charge is 0.493 e. The van der Waals surface area contributed by atoms with Gasteiger partial charge in [0.15, 0.2) is 0 Å². The van der Waals surface area contributed by atoms with Gasteiger partial charge in [-0.05, 0) is 37.6 Å². The molecule has 0 saturated carbocycles. The van der Waals surface area contributed by atoms with Crippen LogP contribution in [-0.4, -0.2) is 11.6 Å². The second-order valence-corrected chi connectivity index (χ2v) is 4.71. The maximum absolute atomic E-state index is 11.6. The molecule has 0 radical (unpaired) electrons. The SMILES string of the molecule is Cc1ccc(OCCc2cc(C)[nH]c(=O)c2C#N)cc1. The van der Waals surface area contributed by atoms with E-state index in [9.17, 15) is 4.79 Å². The van der Waals surface area contributed by atoms with E-state index in [1.165, 1.54) is 5.56 Å². The normalized spacial score (nSPS) is 10.1. The molecule has 2 aromatic rings. The summed E-state index contributed by atoms with van der Waals surface area (Å²) in [6.45, 7) is 4.25. The summed E-state index contributed by atoms with van der Waals surface area (Å²) >= 11 is 0. The maximum atomic E-state index is 11.6. The summed E-state index contributed by atoms with van der Waals surface area (Å²) in [4.78, 5) is 14.3. The quantitative estimate of drug-likeness (QED) is 0.926. The van der Waals surface area contributed by atoms with Gasteiger partial charge in [0.25, 0.3) is 5.56 Å². The fourth-order valence-corrected chi connectivity index (χ4v) is 1.99. The van der Waals surface area contributed by atoms with Crippen LogP contribution in [0.4, 0.5) is 0 Å². The number of nitrogens with one attached hydrogen (secondary N) is 1. The Balaban J connectivity index is 2.06. The van der Waals surface area contributed by atoms with Crippen molar-refractivity contribution in [1.82, 2.24) is 4.98 Å². The summed E-state index contributed by atoms with van der Waals surface area (Å²) < 4.78 is 5.62. The van der Waals surface area contributed by atoms with Crippen molar-refractivity contribution in [3.8, 4) is 11.8 Å². The number of hydrogen-bond donors (Lipinski definition) is 1. The third kappa shape index (κ3) is 3.27. The first kappa shape index (κ1) is 13.9. The molecule has 0 aliphatic carbocycles. The molecule has 4 nitrogen and oxygen atoms in total. The van der Waals surface area contributed by atoms with Crippen LogP contribution < -0.4 is 10.3 Å². The molecule has 1 heterocycles. The molecule has 4 heteroatoms. The van der Waals surface area contributed by atoms with Gasteiger partial charge in [0.1, 0.15) is 17.4 Å². The monoisotopic (exact) mass is 268 g/mol. The van der Waals surface area contributed by atoms with Gasteiger partial charge in [-0.15, -0.1) is 0 Å². The van der Waals surface area contributed by atoms with Gasteiger partial charge in [0.05, 0.1) is 6.61 Å². The molecule has 0 amide bonds. The Morgan fingerprint density at radius 1 is 1.25 bits per heavy atom. The van der Waals surface area contributed by atoms with Crippen LogP contribution in [0.15, 0.2) is 35.1 Å². The number of H-pyrrole nitrogens is 1. The summed E-state index contributed by atoms with van der Waals surface area (Å²) in [7, 11) is 0. The van der Waals surface area contributed by atoms with Crippen molar-refractivity contribution in [3.05, 3.63) is 63.1 Å². The van der Waals surface area contributed by atoms with Crippen LogP contribution in [0.25, 0.3) is 0 Å². The lowest BCUT2D eigenvalue weighted by molar-refractivity contribution is 0.321. The molecular formula is C16H16N2O2. The zero-order chi connectivity index (χ0) is 14.5. The lowest BCUT2D eigenvalue weighted by atomic mass is 10.1. The Bertz CT molecular complexity index is 694. The van der Waals surface area contributed by atoms with Crippen molar-refractivity contribution in [2.45, 2.75) is 20.3 Å². The smallest absolute Gasteiger partial charge is 0.266 e. The molecule has 0 aliphatic rings. The standard InChI is InChI=1S/C16H16N2O2/c1-11-3-5-14(6-4-11)20-8-7-13-9-12(2)18-16(19)15(13)10-17/h3-6,9H,7-8H2,1-2H3,(H,18,19). The van der Waals surface area contributed by atoms with E-state index in [0.29, 0.717) is 13.0 Å². The van der Waals surface area contributed by atoms with Crippen LogP contribution in [0.1, 0.15) is 22.4 Å². The second-order valence-electron chi connectivity index (χ2n) is 4.71. The molecule has 0 spiro atoms. The molecule has 1 aromatic heterocycles. The Morgan fingerprint density at radius 2 is 1.95 bits per heavy atom. The number of hydrogen-bond acceptors (Lipinski definition) is 3. The number of nitriles is 1. The molecule has 0 atom stereocenters. The molecule has 0 unspecified atom stereocenters. The number of benzene rings is 1. The molecule has 102 valence electrons. The number of nitrogens with zero attached hydrogens (tertiary/aromatic N) is 1. The van der Waals surface area contributed by atoms with Crippen LogP contribution in [0.3, 0.4) is 0 Å². The summed E-state index contributed by atoms with van der Waals surface area (Å²) in [6.07, 6.45) is 0.529. The Labute approximate surface area is 117 Å². The molecular weight excluding hydrogens is 252 g/mol. The summed E-state index contributed by atoms with van der Waals surface area (Å²) in [6, 6.07) is 11.5. The first-order valence-corrected chi connectivity index (χ1v) is 6.42. The highest BCUT2D eigenvalue weighted by atomic mass is 16.5. The minimum absolute atomic E-state index is 0.170. The minimum Gasteiger partial charge on any atom is -0.493 e. The van der Waals surface area contributed by atoms with Crippen molar-refractivity contribution in [2.75, 3.05) is 6.61 Å². The topological polar surface area (TPSA) is 65.9 Å². The van der Waals surface area contributed by atoms with Gasteiger partial charge in [-0.25, -0.2) is 0 Å². The Morgan fingerprint density at radius 3 is 2.60 bits per heavy atom. The van der Waals surface area contributed by atoms with Crippen LogP contribution in [0.5, 0.6) is 5.75 Å². The number of rotatable bonds is 4. The van der Waals surface area contributed by atoms with Crippen LogP contribution >= 0.6 is 0 Å². The molecule has 0 saturated heterocycles. The van der Waals surface area contributed by atoms with Crippen molar-refractivity contribution < 1.29 is 4.74 Å².